The predicted octanol–water partition coefficient (Wildman–Crippen LogP) is 4.33. The number of nitrogens with one attached hydrogen (secondary N) is 1. The van der Waals surface area contributed by atoms with Crippen LogP contribution in [-0.4, -0.2) is 6.54 Å². The van der Waals surface area contributed by atoms with Crippen LogP contribution in [0.4, 0.5) is 0 Å². The summed E-state index contributed by atoms with van der Waals surface area (Å²) in [5.41, 5.74) is 3.86. The van der Waals surface area contributed by atoms with Gasteiger partial charge in [-0.2, -0.15) is 0 Å². The average Bonchev–Trinajstić information content (AvgIpc) is 2.55. The summed E-state index contributed by atoms with van der Waals surface area (Å²) in [6, 6.07) is 17.0. The highest BCUT2D eigenvalue weighted by Gasteiger charge is 1.98. The van der Waals surface area contributed by atoms with Crippen molar-refractivity contribution in [2.45, 2.75) is 39.8 Å². The Balaban J connectivity index is 1.82. The number of hydrogen-bond donors (Lipinski definition) is 1. The highest BCUT2D eigenvalue weighted by atomic mass is 16.5. The average molecular weight is 283 g/mol. The summed E-state index contributed by atoms with van der Waals surface area (Å²) in [5, 5.41) is 3.41. The van der Waals surface area contributed by atoms with Crippen LogP contribution in [0, 0.1) is 0 Å². The summed E-state index contributed by atoms with van der Waals surface area (Å²) in [5.74, 6) is 0.931. The van der Waals surface area contributed by atoms with Crippen molar-refractivity contribution in [3.8, 4) is 5.75 Å². The van der Waals surface area contributed by atoms with Crippen LogP contribution in [0.25, 0.3) is 0 Å². The van der Waals surface area contributed by atoms with Crippen molar-refractivity contribution in [2.24, 2.45) is 0 Å². The van der Waals surface area contributed by atoms with Gasteiger partial charge in [-0.05, 0) is 48.2 Å². The van der Waals surface area contributed by atoms with Gasteiger partial charge in [-0.3, -0.25) is 0 Å². The quantitative estimate of drug-likeness (QED) is 0.728. The Morgan fingerprint density at radius 1 is 0.810 bits per heavy atom. The van der Waals surface area contributed by atoms with E-state index in [9.17, 15) is 0 Å². The van der Waals surface area contributed by atoms with E-state index in [0.29, 0.717) is 6.61 Å². The van der Waals surface area contributed by atoms with Gasteiger partial charge >= 0.3 is 0 Å². The summed E-state index contributed by atoms with van der Waals surface area (Å²) in [6.07, 6.45) is 2.23. The highest BCUT2D eigenvalue weighted by molar-refractivity contribution is 5.28. The summed E-state index contributed by atoms with van der Waals surface area (Å²) < 4.78 is 5.81. The van der Waals surface area contributed by atoms with Gasteiger partial charge in [-0.1, -0.05) is 50.2 Å². The van der Waals surface area contributed by atoms with Gasteiger partial charge in [0.1, 0.15) is 12.4 Å². The fraction of sp³-hybridized carbons (Fsp3) is 0.368. The van der Waals surface area contributed by atoms with Crippen LogP contribution >= 0.6 is 0 Å². The van der Waals surface area contributed by atoms with E-state index in [1.54, 1.807) is 0 Å². The number of aryl methyl sites for hydroxylation is 1. The zero-order chi connectivity index (χ0) is 14.9. The van der Waals surface area contributed by atoms with Crippen LogP contribution in [0.15, 0.2) is 48.5 Å². The summed E-state index contributed by atoms with van der Waals surface area (Å²) in [4.78, 5) is 0. The molecule has 0 aliphatic carbocycles. The Morgan fingerprint density at radius 3 is 2.05 bits per heavy atom. The van der Waals surface area contributed by atoms with Crippen LogP contribution in [0.1, 0.15) is 37.0 Å². The molecule has 0 bridgehead atoms. The molecule has 0 saturated heterocycles. The maximum Gasteiger partial charge on any atom is 0.119 e. The lowest BCUT2D eigenvalue weighted by Crippen LogP contribution is -2.13. The van der Waals surface area contributed by atoms with Crippen LogP contribution < -0.4 is 10.1 Å². The third-order valence-electron chi connectivity index (χ3n) is 3.52. The van der Waals surface area contributed by atoms with E-state index in [2.05, 4.69) is 55.6 Å². The van der Waals surface area contributed by atoms with Crippen molar-refractivity contribution in [2.75, 3.05) is 6.54 Å². The highest BCUT2D eigenvalue weighted by Crippen LogP contribution is 2.15. The van der Waals surface area contributed by atoms with E-state index < -0.39 is 0 Å². The van der Waals surface area contributed by atoms with E-state index in [1.807, 2.05) is 12.1 Å². The molecule has 2 rings (SSSR count). The molecule has 0 radical (unpaired) electrons. The first-order valence-corrected chi connectivity index (χ1v) is 7.82. The first-order chi connectivity index (χ1) is 10.3. The van der Waals surface area contributed by atoms with Crippen LogP contribution in [0.2, 0.25) is 0 Å². The second-order valence-corrected chi connectivity index (χ2v) is 5.28. The molecule has 21 heavy (non-hydrogen) atoms. The van der Waals surface area contributed by atoms with Crippen molar-refractivity contribution in [1.82, 2.24) is 5.32 Å². The minimum Gasteiger partial charge on any atom is -0.489 e. The third-order valence-corrected chi connectivity index (χ3v) is 3.52. The largest absolute Gasteiger partial charge is 0.489 e. The van der Waals surface area contributed by atoms with Crippen LogP contribution in [0.3, 0.4) is 0 Å². The standard InChI is InChI=1S/C19H25NO/c1-3-13-20-14-17-5-7-18(8-6-17)15-21-19-11-9-16(4-2)10-12-19/h5-12,20H,3-4,13-15H2,1-2H3. The molecule has 1 N–H and O–H groups in total. The fourth-order valence-corrected chi connectivity index (χ4v) is 2.15. The van der Waals surface area contributed by atoms with Crippen molar-refractivity contribution >= 4 is 0 Å². The van der Waals surface area contributed by atoms with Crippen LogP contribution in [-0.2, 0) is 19.6 Å². The topological polar surface area (TPSA) is 21.3 Å². The monoisotopic (exact) mass is 283 g/mol. The fourth-order valence-electron chi connectivity index (χ4n) is 2.15. The molecular formula is C19H25NO. The molecule has 0 unspecified atom stereocenters. The Labute approximate surface area is 128 Å². The van der Waals surface area contributed by atoms with E-state index in [1.165, 1.54) is 23.1 Å². The summed E-state index contributed by atoms with van der Waals surface area (Å²) in [6.45, 7) is 6.97. The molecule has 0 spiro atoms. The number of hydrogen-bond acceptors (Lipinski definition) is 2. The molecule has 0 fully saturated rings. The van der Waals surface area contributed by atoms with Gasteiger partial charge < -0.3 is 10.1 Å². The molecule has 0 amide bonds. The predicted molar refractivity (Wildman–Crippen MR) is 88.6 cm³/mol. The molecule has 0 atom stereocenters. The summed E-state index contributed by atoms with van der Waals surface area (Å²) in [7, 11) is 0. The van der Waals surface area contributed by atoms with E-state index in [0.717, 1.165) is 25.3 Å². The lowest BCUT2D eigenvalue weighted by Gasteiger charge is -2.08. The molecular weight excluding hydrogens is 258 g/mol. The lowest BCUT2D eigenvalue weighted by molar-refractivity contribution is 0.306. The normalized spacial score (nSPS) is 10.6. The van der Waals surface area contributed by atoms with Gasteiger partial charge in [0.2, 0.25) is 0 Å². The molecule has 0 saturated carbocycles. The van der Waals surface area contributed by atoms with Gasteiger partial charge in [0, 0.05) is 6.54 Å². The zero-order valence-corrected chi connectivity index (χ0v) is 13.1. The zero-order valence-electron chi connectivity index (χ0n) is 13.1. The van der Waals surface area contributed by atoms with Gasteiger partial charge in [-0.25, -0.2) is 0 Å². The van der Waals surface area contributed by atoms with E-state index in [4.69, 9.17) is 4.74 Å². The smallest absolute Gasteiger partial charge is 0.119 e. The molecule has 0 aliphatic heterocycles. The van der Waals surface area contributed by atoms with Gasteiger partial charge in [0.15, 0.2) is 0 Å². The van der Waals surface area contributed by atoms with Crippen molar-refractivity contribution < 1.29 is 4.74 Å². The molecule has 2 nitrogen and oxygen atoms in total. The Kier molecular flexibility index (Phi) is 6.29. The second-order valence-electron chi connectivity index (χ2n) is 5.28. The third kappa shape index (κ3) is 5.24. The lowest BCUT2D eigenvalue weighted by atomic mass is 10.1. The number of rotatable bonds is 8. The molecule has 112 valence electrons. The summed E-state index contributed by atoms with van der Waals surface area (Å²) >= 11 is 0. The minimum atomic E-state index is 0.619. The van der Waals surface area contributed by atoms with E-state index >= 15 is 0 Å². The molecule has 0 aliphatic rings. The van der Waals surface area contributed by atoms with Gasteiger partial charge in [0.25, 0.3) is 0 Å². The molecule has 2 aromatic rings. The van der Waals surface area contributed by atoms with Gasteiger partial charge in [0.05, 0.1) is 0 Å². The van der Waals surface area contributed by atoms with Crippen LogP contribution in [0.5, 0.6) is 5.75 Å². The molecule has 0 heterocycles. The molecule has 2 heteroatoms. The molecule has 0 aromatic heterocycles. The molecule has 2 aromatic carbocycles. The maximum atomic E-state index is 5.81. The first kappa shape index (κ1) is 15.6. The minimum absolute atomic E-state index is 0.619. The Bertz CT molecular complexity index is 516. The van der Waals surface area contributed by atoms with Crippen molar-refractivity contribution in [3.05, 3.63) is 65.2 Å². The number of benzene rings is 2. The Morgan fingerprint density at radius 2 is 1.43 bits per heavy atom. The van der Waals surface area contributed by atoms with E-state index in [-0.39, 0.29) is 0 Å². The van der Waals surface area contributed by atoms with Crippen molar-refractivity contribution in [1.29, 1.82) is 0 Å². The Hall–Kier alpha value is -1.80. The first-order valence-electron chi connectivity index (χ1n) is 7.82. The van der Waals surface area contributed by atoms with Crippen molar-refractivity contribution in [3.63, 3.8) is 0 Å². The SMILES string of the molecule is CCCNCc1ccc(COc2ccc(CC)cc2)cc1. The second kappa shape index (κ2) is 8.48. The van der Waals surface area contributed by atoms with Gasteiger partial charge in [-0.15, -0.1) is 0 Å². The number of ether oxygens (including phenoxy) is 1. The maximum absolute atomic E-state index is 5.81.